The lowest BCUT2D eigenvalue weighted by Crippen LogP contribution is -2.31. The average Bonchev–Trinajstić information content (AvgIpc) is 3.02. The summed E-state index contributed by atoms with van der Waals surface area (Å²) in [6, 6.07) is 0. The van der Waals surface area contributed by atoms with Gasteiger partial charge >= 0.3 is 17.9 Å². The molecule has 0 bridgehead atoms. The van der Waals surface area contributed by atoms with Crippen LogP contribution in [-0.2, 0) is 23.9 Å². The molecule has 1 saturated carbocycles. The molecule has 200 valence electrons. The molecule has 0 spiro atoms. The van der Waals surface area contributed by atoms with Gasteiger partial charge in [0, 0.05) is 26.2 Å². The smallest absolute Gasteiger partial charge is 0.303 e. The van der Waals surface area contributed by atoms with Gasteiger partial charge in [-0.1, -0.05) is 76.5 Å². The number of unbranched alkanes of at least 4 members (excludes halogenated alkanes) is 5. The van der Waals surface area contributed by atoms with E-state index in [2.05, 4.69) is 13.0 Å². The third-order valence-corrected chi connectivity index (χ3v) is 6.75. The van der Waals surface area contributed by atoms with Crippen molar-refractivity contribution >= 4 is 17.9 Å². The predicted octanol–water partition coefficient (Wildman–Crippen LogP) is 7.16. The van der Waals surface area contributed by atoms with Crippen molar-refractivity contribution in [2.45, 2.75) is 129 Å². The average molecular weight is 493 g/mol. The minimum atomic E-state index is -0.822. The number of allylic oxidation sites excluding steroid dienone is 3. The highest BCUT2D eigenvalue weighted by atomic mass is 16.5. The first-order valence-corrected chi connectivity index (χ1v) is 13.7. The van der Waals surface area contributed by atoms with E-state index in [4.69, 9.17) is 14.6 Å². The van der Waals surface area contributed by atoms with E-state index in [0.29, 0.717) is 12.8 Å². The van der Waals surface area contributed by atoms with E-state index < -0.39 is 5.97 Å². The molecule has 0 radical (unpaired) electrons. The Kier molecular flexibility index (Phi) is 16.9. The van der Waals surface area contributed by atoms with E-state index in [-0.39, 0.29) is 42.4 Å². The second-order valence-corrected chi connectivity index (χ2v) is 9.87. The Morgan fingerprint density at radius 2 is 1.54 bits per heavy atom. The van der Waals surface area contributed by atoms with Crippen molar-refractivity contribution in [3.63, 3.8) is 0 Å². The van der Waals surface area contributed by atoms with Gasteiger partial charge in [-0.05, 0) is 50.5 Å². The molecule has 6 heteroatoms. The number of hydrogen-bond donors (Lipinski definition) is 1. The highest BCUT2D eigenvalue weighted by Gasteiger charge is 2.31. The summed E-state index contributed by atoms with van der Waals surface area (Å²) in [5.74, 6) is -0.938. The van der Waals surface area contributed by atoms with Crippen LogP contribution >= 0.6 is 0 Å². The van der Waals surface area contributed by atoms with Crippen LogP contribution in [0.2, 0.25) is 0 Å². The number of esters is 2. The summed E-state index contributed by atoms with van der Waals surface area (Å²) in [4.78, 5) is 34.3. The van der Waals surface area contributed by atoms with E-state index in [9.17, 15) is 14.4 Å². The fraction of sp³-hybridized carbons (Fsp3) is 0.759. The highest BCUT2D eigenvalue weighted by molar-refractivity contribution is 5.67. The van der Waals surface area contributed by atoms with Crippen molar-refractivity contribution in [2.24, 2.45) is 11.8 Å². The fourth-order valence-corrected chi connectivity index (χ4v) is 5.02. The molecule has 0 aliphatic heterocycles. The van der Waals surface area contributed by atoms with Crippen molar-refractivity contribution in [1.29, 1.82) is 0 Å². The zero-order valence-electron chi connectivity index (χ0n) is 22.2. The second-order valence-electron chi connectivity index (χ2n) is 9.87. The van der Waals surface area contributed by atoms with Gasteiger partial charge in [0.2, 0.25) is 0 Å². The second kappa shape index (κ2) is 19.1. The lowest BCUT2D eigenvalue weighted by molar-refractivity contribution is -0.150. The van der Waals surface area contributed by atoms with Gasteiger partial charge in [-0.15, -0.1) is 0 Å². The Morgan fingerprint density at radius 1 is 0.857 bits per heavy atom. The van der Waals surface area contributed by atoms with Crippen LogP contribution in [0.25, 0.3) is 0 Å². The van der Waals surface area contributed by atoms with E-state index >= 15 is 0 Å². The summed E-state index contributed by atoms with van der Waals surface area (Å²) in [6.45, 7) is 5.09. The lowest BCUT2D eigenvalue weighted by atomic mass is 9.81. The molecule has 0 heterocycles. The first kappa shape index (κ1) is 30.9. The van der Waals surface area contributed by atoms with Crippen molar-refractivity contribution in [1.82, 2.24) is 0 Å². The Hall–Kier alpha value is -2.11. The number of ether oxygens (including phenoxy) is 2. The van der Waals surface area contributed by atoms with E-state index in [0.717, 1.165) is 51.4 Å². The number of hydrogen-bond acceptors (Lipinski definition) is 5. The fourth-order valence-electron chi connectivity index (χ4n) is 5.02. The molecule has 1 N–H and O–H groups in total. The van der Waals surface area contributed by atoms with Crippen LogP contribution in [-0.4, -0.2) is 35.2 Å². The molecule has 1 aliphatic carbocycles. The summed E-state index contributed by atoms with van der Waals surface area (Å²) in [6.07, 6.45) is 22.3. The van der Waals surface area contributed by atoms with Crippen LogP contribution in [0.3, 0.4) is 0 Å². The number of aliphatic carboxylic acids is 1. The van der Waals surface area contributed by atoms with E-state index in [1.54, 1.807) is 0 Å². The number of carbonyl (C=O) groups excluding carboxylic acids is 2. The molecule has 1 rings (SSSR count). The Bertz CT molecular complexity index is 668. The molecule has 35 heavy (non-hydrogen) atoms. The molecule has 1 fully saturated rings. The quantitative estimate of drug-likeness (QED) is 0.100. The molecule has 0 aromatic carbocycles. The third kappa shape index (κ3) is 15.5. The number of carboxylic acid groups (broad SMARTS) is 1. The molecule has 6 nitrogen and oxygen atoms in total. The van der Waals surface area contributed by atoms with Gasteiger partial charge < -0.3 is 14.6 Å². The van der Waals surface area contributed by atoms with Crippen molar-refractivity contribution in [3.8, 4) is 0 Å². The van der Waals surface area contributed by atoms with Crippen molar-refractivity contribution in [2.75, 3.05) is 0 Å². The van der Waals surface area contributed by atoms with Crippen molar-refractivity contribution < 1.29 is 29.0 Å². The summed E-state index contributed by atoms with van der Waals surface area (Å²) in [5.41, 5.74) is 0. The van der Waals surface area contributed by atoms with Crippen molar-refractivity contribution in [3.05, 3.63) is 24.3 Å². The van der Waals surface area contributed by atoms with Crippen LogP contribution in [0.5, 0.6) is 0 Å². The van der Waals surface area contributed by atoms with Crippen LogP contribution in [0.15, 0.2) is 24.3 Å². The van der Waals surface area contributed by atoms with Crippen LogP contribution in [0.1, 0.15) is 117 Å². The van der Waals surface area contributed by atoms with Gasteiger partial charge in [-0.2, -0.15) is 0 Å². The molecule has 4 atom stereocenters. The molecule has 0 aromatic rings. The molecule has 0 amide bonds. The molecule has 4 unspecified atom stereocenters. The number of carboxylic acids is 1. The van der Waals surface area contributed by atoms with Crippen LogP contribution < -0.4 is 0 Å². The minimum Gasteiger partial charge on any atom is -0.481 e. The van der Waals surface area contributed by atoms with Gasteiger partial charge in [-0.3, -0.25) is 14.4 Å². The lowest BCUT2D eigenvalue weighted by Gasteiger charge is -2.30. The Balaban J connectivity index is 2.76. The Labute approximate surface area is 212 Å². The molecule has 0 aromatic heterocycles. The maximum absolute atomic E-state index is 11.8. The molecule has 0 saturated heterocycles. The minimum absolute atomic E-state index is 0.0872. The first-order valence-electron chi connectivity index (χ1n) is 13.7. The van der Waals surface area contributed by atoms with Gasteiger partial charge in [0.1, 0.15) is 12.2 Å². The topological polar surface area (TPSA) is 89.9 Å². The molecular weight excluding hydrogens is 444 g/mol. The summed E-state index contributed by atoms with van der Waals surface area (Å²) < 4.78 is 11.2. The van der Waals surface area contributed by atoms with Crippen LogP contribution in [0.4, 0.5) is 0 Å². The summed E-state index contributed by atoms with van der Waals surface area (Å²) in [5, 5.41) is 9.00. The van der Waals surface area contributed by atoms with Gasteiger partial charge in [0.25, 0.3) is 0 Å². The van der Waals surface area contributed by atoms with Crippen LogP contribution in [0, 0.1) is 11.8 Å². The van der Waals surface area contributed by atoms with E-state index in [1.165, 1.54) is 39.5 Å². The first-order chi connectivity index (χ1) is 16.8. The number of rotatable bonds is 17. The Morgan fingerprint density at radius 3 is 2.23 bits per heavy atom. The number of carbonyl (C=O) groups is 3. The maximum Gasteiger partial charge on any atom is 0.303 e. The molecule has 1 aliphatic rings. The zero-order chi connectivity index (χ0) is 25.9. The monoisotopic (exact) mass is 492 g/mol. The standard InChI is InChI=1S/C29H48O6/c1-4-5-6-7-8-11-18-26(34-23(2)30)19-14-13-17-25-16-10-9-12-20-27(25)28(35-24(3)31)21-15-22-29(32)33/h13-14,17,19,25-28H,4-12,15-16,18,20-22H2,1-3H3,(H,32,33)/b17-13+,19-14+. The largest absolute Gasteiger partial charge is 0.481 e. The normalized spacial score (nSPS) is 20.4. The zero-order valence-corrected chi connectivity index (χ0v) is 22.2. The maximum atomic E-state index is 11.8. The van der Waals surface area contributed by atoms with Gasteiger partial charge in [0.05, 0.1) is 0 Å². The predicted molar refractivity (Wildman–Crippen MR) is 139 cm³/mol. The molecular formula is C29H48O6. The van der Waals surface area contributed by atoms with Gasteiger partial charge in [-0.25, -0.2) is 0 Å². The summed E-state index contributed by atoms with van der Waals surface area (Å²) in [7, 11) is 0. The van der Waals surface area contributed by atoms with Gasteiger partial charge in [0.15, 0.2) is 0 Å². The van der Waals surface area contributed by atoms with E-state index in [1.807, 2.05) is 18.2 Å². The SMILES string of the molecule is CCCCCCCCC(/C=C/C=C/C1CCCCCC1C(CCCC(=O)O)OC(C)=O)OC(C)=O. The highest BCUT2D eigenvalue weighted by Crippen LogP contribution is 2.35. The third-order valence-electron chi connectivity index (χ3n) is 6.75. The summed E-state index contributed by atoms with van der Waals surface area (Å²) >= 11 is 0.